The SMILES string of the molecule is N#Cc1ccccc1Cn1c(N2CCCC(N)C2)nc2c(Cl)cccc2c1=O.O=C(O)C(F)(F)F. The van der Waals surface area contributed by atoms with E-state index < -0.39 is 12.1 Å². The zero-order valence-corrected chi connectivity index (χ0v) is 19.1. The highest BCUT2D eigenvalue weighted by Gasteiger charge is 2.38. The molecule has 1 aliphatic heterocycles. The standard InChI is InChI=1S/C21H20ClN5O.C2HF3O2/c22-18-9-3-8-17-19(18)25-21(26-10-4-7-16(24)13-26)27(20(17)28)12-15-6-2-1-5-14(15)11-23;3-2(4,5)1(6)7/h1-3,5-6,8-9,16H,4,7,10,12-13,24H2;(H,6,7). The minimum absolute atomic E-state index is 0.0347. The molecule has 2 heterocycles. The van der Waals surface area contributed by atoms with Crippen molar-refractivity contribution in [3.05, 3.63) is 69.0 Å². The van der Waals surface area contributed by atoms with Crippen LogP contribution in [0.4, 0.5) is 19.1 Å². The number of nitrogens with zero attached hydrogens (tertiary/aromatic N) is 4. The molecule has 3 N–H and O–H groups in total. The van der Waals surface area contributed by atoms with E-state index in [0.29, 0.717) is 34.0 Å². The number of carbonyl (C=O) groups is 1. The molecule has 1 aromatic heterocycles. The molecule has 0 bridgehead atoms. The number of nitrogens with two attached hydrogens (primary N) is 1. The van der Waals surface area contributed by atoms with Crippen LogP contribution < -0.4 is 16.2 Å². The predicted molar refractivity (Wildman–Crippen MR) is 124 cm³/mol. The van der Waals surface area contributed by atoms with Gasteiger partial charge in [0, 0.05) is 19.1 Å². The van der Waals surface area contributed by atoms with Crippen LogP contribution in [0, 0.1) is 11.3 Å². The Bertz CT molecular complexity index is 1340. The molecule has 12 heteroatoms. The number of alkyl halides is 3. The number of carboxylic acids is 1. The Morgan fingerprint density at radius 3 is 2.57 bits per heavy atom. The summed E-state index contributed by atoms with van der Waals surface area (Å²) in [7, 11) is 0. The molecule has 184 valence electrons. The van der Waals surface area contributed by atoms with Gasteiger partial charge in [0.1, 0.15) is 0 Å². The molecule has 2 aromatic carbocycles. The molecule has 1 unspecified atom stereocenters. The molecule has 1 aliphatic rings. The van der Waals surface area contributed by atoms with E-state index in [1.165, 1.54) is 0 Å². The number of rotatable bonds is 3. The highest BCUT2D eigenvalue weighted by molar-refractivity contribution is 6.35. The highest BCUT2D eigenvalue weighted by atomic mass is 35.5. The Kier molecular flexibility index (Phi) is 7.99. The van der Waals surface area contributed by atoms with Gasteiger partial charge in [-0.2, -0.15) is 18.4 Å². The third-order valence-electron chi connectivity index (χ3n) is 5.37. The molecule has 1 saturated heterocycles. The fourth-order valence-corrected chi connectivity index (χ4v) is 3.93. The number of nitriles is 1. The van der Waals surface area contributed by atoms with Crippen LogP contribution >= 0.6 is 11.6 Å². The lowest BCUT2D eigenvalue weighted by Gasteiger charge is -2.33. The van der Waals surface area contributed by atoms with Crippen LogP contribution in [0.25, 0.3) is 10.9 Å². The van der Waals surface area contributed by atoms with E-state index in [-0.39, 0.29) is 18.1 Å². The number of hydrogen-bond donors (Lipinski definition) is 2. The Labute approximate surface area is 203 Å². The highest BCUT2D eigenvalue weighted by Crippen LogP contribution is 2.25. The average Bonchev–Trinajstić information content (AvgIpc) is 2.81. The quantitative estimate of drug-likeness (QED) is 0.555. The van der Waals surface area contributed by atoms with E-state index in [1.54, 1.807) is 28.8 Å². The average molecular weight is 508 g/mol. The summed E-state index contributed by atoms with van der Waals surface area (Å²) in [6.07, 6.45) is -3.20. The van der Waals surface area contributed by atoms with Gasteiger partial charge < -0.3 is 15.7 Å². The summed E-state index contributed by atoms with van der Waals surface area (Å²) in [6.45, 7) is 1.66. The molecule has 0 amide bonds. The Hall–Kier alpha value is -3.62. The first kappa shape index (κ1) is 26.0. The molecule has 35 heavy (non-hydrogen) atoms. The van der Waals surface area contributed by atoms with Crippen LogP contribution in [0.2, 0.25) is 5.02 Å². The maximum absolute atomic E-state index is 13.4. The van der Waals surface area contributed by atoms with Crippen LogP contribution in [-0.2, 0) is 11.3 Å². The first-order chi connectivity index (χ1) is 16.5. The summed E-state index contributed by atoms with van der Waals surface area (Å²) < 4.78 is 33.4. The maximum Gasteiger partial charge on any atom is 0.490 e. The minimum Gasteiger partial charge on any atom is -0.475 e. The smallest absolute Gasteiger partial charge is 0.475 e. The van der Waals surface area contributed by atoms with Crippen molar-refractivity contribution < 1.29 is 23.1 Å². The predicted octanol–water partition coefficient (Wildman–Crippen LogP) is 3.53. The van der Waals surface area contributed by atoms with Gasteiger partial charge in [-0.15, -0.1) is 0 Å². The molecule has 3 aromatic rings. The largest absolute Gasteiger partial charge is 0.490 e. The Balaban J connectivity index is 0.000000429. The Morgan fingerprint density at radius 2 is 1.94 bits per heavy atom. The van der Waals surface area contributed by atoms with E-state index >= 15 is 0 Å². The third kappa shape index (κ3) is 6.09. The zero-order chi connectivity index (χ0) is 25.8. The van der Waals surface area contributed by atoms with Gasteiger partial charge in [-0.1, -0.05) is 35.9 Å². The number of aromatic nitrogens is 2. The number of carboxylic acid groups (broad SMARTS) is 1. The number of para-hydroxylation sites is 1. The van der Waals surface area contributed by atoms with E-state index in [2.05, 4.69) is 6.07 Å². The summed E-state index contributed by atoms with van der Waals surface area (Å²) in [5.41, 5.74) is 7.81. The van der Waals surface area contributed by atoms with Crippen molar-refractivity contribution in [3.8, 4) is 6.07 Å². The molecule has 0 spiro atoms. The molecular weight excluding hydrogens is 487 g/mol. The zero-order valence-electron chi connectivity index (χ0n) is 18.3. The van der Waals surface area contributed by atoms with Crippen LogP contribution in [0.3, 0.4) is 0 Å². The van der Waals surface area contributed by atoms with Gasteiger partial charge in [0.25, 0.3) is 5.56 Å². The lowest BCUT2D eigenvalue weighted by molar-refractivity contribution is -0.192. The van der Waals surface area contributed by atoms with Crippen molar-refractivity contribution in [1.82, 2.24) is 9.55 Å². The number of anilines is 1. The third-order valence-corrected chi connectivity index (χ3v) is 5.67. The molecule has 8 nitrogen and oxygen atoms in total. The number of piperidine rings is 1. The van der Waals surface area contributed by atoms with Gasteiger partial charge in [-0.25, -0.2) is 9.78 Å². The van der Waals surface area contributed by atoms with Gasteiger partial charge in [0.05, 0.1) is 34.1 Å². The second-order valence-electron chi connectivity index (χ2n) is 7.86. The summed E-state index contributed by atoms with van der Waals surface area (Å²) in [5, 5.41) is 17.5. The van der Waals surface area contributed by atoms with Crippen molar-refractivity contribution in [3.63, 3.8) is 0 Å². The summed E-state index contributed by atoms with van der Waals surface area (Å²) in [6, 6.07) is 14.7. The lowest BCUT2D eigenvalue weighted by Crippen LogP contribution is -2.45. The minimum atomic E-state index is -5.08. The second-order valence-corrected chi connectivity index (χ2v) is 8.27. The van der Waals surface area contributed by atoms with Gasteiger partial charge >= 0.3 is 12.1 Å². The molecule has 4 rings (SSSR count). The molecule has 1 atom stereocenters. The van der Waals surface area contributed by atoms with Crippen LogP contribution in [0.1, 0.15) is 24.0 Å². The molecule has 1 fully saturated rings. The number of hydrogen-bond acceptors (Lipinski definition) is 6. The normalized spacial score (nSPS) is 15.8. The van der Waals surface area contributed by atoms with Crippen molar-refractivity contribution in [2.24, 2.45) is 5.73 Å². The number of halogens is 4. The van der Waals surface area contributed by atoms with Gasteiger partial charge in [-0.3, -0.25) is 9.36 Å². The van der Waals surface area contributed by atoms with Crippen molar-refractivity contribution >= 4 is 34.4 Å². The fourth-order valence-electron chi connectivity index (χ4n) is 3.71. The van der Waals surface area contributed by atoms with E-state index in [0.717, 1.165) is 24.9 Å². The number of aliphatic carboxylic acids is 1. The summed E-state index contributed by atoms with van der Waals surface area (Å²) >= 11 is 6.33. The monoisotopic (exact) mass is 507 g/mol. The Morgan fingerprint density at radius 1 is 1.26 bits per heavy atom. The first-order valence-corrected chi connectivity index (χ1v) is 10.9. The molecule has 0 saturated carbocycles. The van der Waals surface area contributed by atoms with E-state index in [1.807, 2.05) is 23.1 Å². The van der Waals surface area contributed by atoms with Crippen molar-refractivity contribution in [2.45, 2.75) is 31.6 Å². The van der Waals surface area contributed by atoms with Gasteiger partial charge in [-0.05, 0) is 36.6 Å². The molecular formula is C23H21ClF3N5O3. The van der Waals surface area contributed by atoms with Gasteiger partial charge in [0.2, 0.25) is 5.95 Å². The van der Waals surface area contributed by atoms with E-state index in [4.69, 9.17) is 32.2 Å². The van der Waals surface area contributed by atoms with Crippen molar-refractivity contribution in [1.29, 1.82) is 5.26 Å². The maximum atomic E-state index is 13.4. The summed E-state index contributed by atoms with van der Waals surface area (Å²) in [5.74, 6) is -2.21. The van der Waals surface area contributed by atoms with Crippen LogP contribution in [0.15, 0.2) is 47.3 Å². The molecule has 0 aliphatic carbocycles. The van der Waals surface area contributed by atoms with Crippen molar-refractivity contribution in [2.75, 3.05) is 18.0 Å². The second kappa shape index (κ2) is 10.8. The van der Waals surface area contributed by atoms with Crippen LogP contribution in [0.5, 0.6) is 0 Å². The topological polar surface area (TPSA) is 125 Å². The number of benzene rings is 2. The van der Waals surface area contributed by atoms with Gasteiger partial charge in [0.15, 0.2) is 0 Å². The first-order valence-electron chi connectivity index (χ1n) is 10.5. The van der Waals surface area contributed by atoms with E-state index in [9.17, 15) is 23.2 Å². The summed E-state index contributed by atoms with van der Waals surface area (Å²) in [4.78, 5) is 29.1. The van der Waals surface area contributed by atoms with Crippen LogP contribution in [-0.4, -0.2) is 45.9 Å². The fraction of sp³-hybridized carbons (Fsp3) is 0.304. The lowest BCUT2D eigenvalue weighted by atomic mass is 10.1. The molecule has 0 radical (unpaired) electrons. The number of fused-ring (bicyclic) bond motifs is 1.